The molecule has 1 saturated heterocycles. The molecule has 37 heavy (non-hydrogen) atoms. The van der Waals surface area contributed by atoms with Gasteiger partial charge in [-0.15, -0.1) is 0 Å². The van der Waals surface area contributed by atoms with E-state index in [9.17, 15) is 26.0 Å². The molecule has 2 heterocycles. The van der Waals surface area contributed by atoms with E-state index in [-0.39, 0.29) is 29.8 Å². The summed E-state index contributed by atoms with van der Waals surface area (Å²) in [6, 6.07) is 17.6. The third-order valence-corrected chi connectivity index (χ3v) is 8.39. The molecule has 1 fully saturated rings. The van der Waals surface area contributed by atoms with Crippen LogP contribution in [0.3, 0.4) is 0 Å². The van der Waals surface area contributed by atoms with Crippen molar-refractivity contribution in [3.05, 3.63) is 89.7 Å². The molecule has 0 spiro atoms. The van der Waals surface area contributed by atoms with Crippen LogP contribution in [0.4, 0.5) is 23.5 Å². The van der Waals surface area contributed by atoms with Crippen molar-refractivity contribution in [2.24, 2.45) is 0 Å². The third kappa shape index (κ3) is 5.33. The zero-order chi connectivity index (χ0) is 26.2. The SMILES string of the molecule is O=S(=O)(c1cccc(C(F)(F)F)c1)N1CCC(Nc2nc3ccccc3n2Cc2ccc(F)cc2)CC1. The number of piperidine rings is 1. The maximum Gasteiger partial charge on any atom is 0.416 e. The van der Waals surface area contributed by atoms with Gasteiger partial charge in [-0.2, -0.15) is 17.5 Å². The number of para-hydroxylation sites is 2. The number of anilines is 1. The zero-order valence-corrected chi connectivity index (χ0v) is 20.4. The van der Waals surface area contributed by atoms with E-state index in [1.807, 2.05) is 28.8 Å². The summed E-state index contributed by atoms with van der Waals surface area (Å²) in [6.07, 6.45) is -3.71. The lowest BCUT2D eigenvalue weighted by Crippen LogP contribution is -2.42. The maximum atomic E-state index is 13.4. The van der Waals surface area contributed by atoms with Gasteiger partial charge in [-0.25, -0.2) is 17.8 Å². The first-order valence-electron chi connectivity index (χ1n) is 11.7. The summed E-state index contributed by atoms with van der Waals surface area (Å²) >= 11 is 0. The van der Waals surface area contributed by atoms with Crippen molar-refractivity contribution in [1.29, 1.82) is 0 Å². The monoisotopic (exact) mass is 532 g/mol. The molecule has 0 atom stereocenters. The van der Waals surface area contributed by atoms with Crippen LogP contribution in [0.5, 0.6) is 0 Å². The molecule has 0 unspecified atom stereocenters. The van der Waals surface area contributed by atoms with Gasteiger partial charge >= 0.3 is 6.18 Å². The van der Waals surface area contributed by atoms with Crippen LogP contribution in [0.2, 0.25) is 0 Å². The van der Waals surface area contributed by atoms with E-state index >= 15 is 0 Å². The maximum absolute atomic E-state index is 13.4. The van der Waals surface area contributed by atoms with Crippen molar-refractivity contribution in [3.63, 3.8) is 0 Å². The van der Waals surface area contributed by atoms with Crippen LogP contribution >= 0.6 is 0 Å². The molecule has 0 bridgehead atoms. The molecule has 194 valence electrons. The first kappa shape index (κ1) is 25.2. The van der Waals surface area contributed by atoms with Crippen molar-refractivity contribution in [3.8, 4) is 0 Å². The molecule has 1 aliphatic rings. The Bertz CT molecular complexity index is 1510. The Kier molecular flexibility index (Phi) is 6.67. The van der Waals surface area contributed by atoms with Gasteiger partial charge in [0.15, 0.2) is 0 Å². The number of rotatable bonds is 6. The molecule has 1 N–H and O–H groups in total. The van der Waals surface area contributed by atoms with E-state index < -0.39 is 21.8 Å². The zero-order valence-electron chi connectivity index (χ0n) is 19.6. The predicted octanol–water partition coefficient (Wildman–Crippen LogP) is 5.51. The standard InChI is InChI=1S/C26H24F4N4O2S/c27-20-10-8-18(9-11-20)17-34-24-7-2-1-6-23(24)32-25(34)31-21-12-14-33(15-13-21)37(35,36)22-5-3-4-19(16-22)26(28,29)30/h1-11,16,21H,12-15,17H2,(H,31,32). The summed E-state index contributed by atoms with van der Waals surface area (Å²) in [7, 11) is -4.06. The normalized spacial score (nSPS) is 15.8. The van der Waals surface area contributed by atoms with Gasteiger partial charge in [0, 0.05) is 19.1 Å². The Morgan fingerprint density at radius 1 is 0.946 bits per heavy atom. The van der Waals surface area contributed by atoms with Crippen LogP contribution in [0.15, 0.2) is 77.7 Å². The van der Waals surface area contributed by atoms with E-state index in [4.69, 9.17) is 4.98 Å². The minimum absolute atomic E-state index is 0.0864. The fraction of sp³-hybridized carbons (Fsp3) is 0.269. The van der Waals surface area contributed by atoms with Crippen LogP contribution in [-0.2, 0) is 22.7 Å². The van der Waals surface area contributed by atoms with Crippen LogP contribution in [0.1, 0.15) is 24.0 Å². The molecule has 0 saturated carbocycles. The fourth-order valence-corrected chi connectivity index (χ4v) is 6.04. The van der Waals surface area contributed by atoms with Crippen molar-refractivity contribution < 1.29 is 26.0 Å². The number of sulfonamides is 1. The average molecular weight is 533 g/mol. The molecule has 1 aromatic heterocycles. The highest BCUT2D eigenvalue weighted by atomic mass is 32.2. The largest absolute Gasteiger partial charge is 0.416 e. The predicted molar refractivity (Wildman–Crippen MR) is 132 cm³/mol. The number of benzene rings is 3. The highest BCUT2D eigenvalue weighted by Crippen LogP contribution is 2.32. The molecule has 0 amide bonds. The molecule has 1 aliphatic heterocycles. The van der Waals surface area contributed by atoms with Crippen molar-refractivity contribution in [2.75, 3.05) is 18.4 Å². The van der Waals surface area contributed by atoms with Crippen LogP contribution in [0, 0.1) is 5.82 Å². The Morgan fingerprint density at radius 2 is 1.65 bits per heavy atom. The summed E-state index contributed by atoms with van der Waals surface area (Å²) in [4.78, 5) is 4.34. The Hall–Kier alpha value is -3.44. The molecule has 0 radical (unpaired) electrons. The summed E-state index contributed by atoms with van der Waals surface area (Å²) in [5, 5.41) is 3.42. The van der Waals surface area contributed by atoms with Crippen LogP contribution < -0.4 is 5.32 Å². The summed E-state index contributed by atoms with van der Waals surface area (Å²) < 4.78 is 81.9. The Balaban J connectivity index is 1.32. The highest BCUT2D eigenvalue weighted by Gasteiger charge is 2.34. The molecule has 3 aromatic carbocycles. The minimum atomic E-state index is -4.62. The average Bonchev–Trinajstić information content (AvgIpc) is 3.22. The Labute approximate surface area is 211 Å². The second-order valence-corrected chi connectivity index (χ2v) is 10.9. The second kappa shape index (κ2) is 9.79. The van der Waals surface area contributed by atoms with Crippen molar-refractivity contribution in [1.82, 2.24) is 13.9 Å². The number of hydrogen-bond acceptors (Lipinski definition) is 4. The number of nitrogens with zero attached hydrogens (tertiary/aromatic N) is 3. The number of aromatic nitrogens is 2. The van der Waals surface area contributed by atoms with E-state index in [1.54, 1.807) is 12.1 Å². The van der Waals surface area contributed by atoms with Gasteiger partial charge in [0.05, 0.1) is 28.0 Å². The quantitative estimate of drug-likeness (QED) is 0.333. The highest BCUT2D eigenvalue weighted by molar-refractivity contribution is 7.89. The van der Waals surface area contributed by atoms with Gasteiger partial charge in [-0.3, -0.25) is 0 Å². The number of fused-ring (bicyclic) bond motifs is 1. The van der Waals surface area contributed by atoms with Crippen molar-refractivity contribution >= 4 is 27.0 Å². The lowest BCUT2D eigenvalue weighted by Gasteiger charge is -2.32. The summed E-state index contributed by atoms with van der Waals surface area (Å²) in [5.41, 5.74) is 1.59. The minimum Gasteiger partial charge on any atom is -0.353 e. The molecular formula is C26H24F4N4O2S. The number of halogens is 4. The Morgan fingerprint density at radius 3 is 2.35 bits per heavy atom. The number of nitrogens with one attached hydrogen (secondary N) is 1. The first-order valence-corrected chi connectivity index (χ1v) is 13.2. The van der Waals surface area contributed by atoms with Gasteiger partial charge in [0.2, 0.25) is 16.0 Å². The fourth-order valence-electron chi connectivity index (χ4n) is 4.52. The molecular weight excluding hydrogens is 508 g/mol. The smallest absolute Gasteiger partial charge is 0.353 e. The molecule has 4 aromatic rings. The van der Waals surface area contributed by atoms with Gasteiger partial charge in [0.25, 0.3) is 0 Å². The third-order valence-electron chi connectivity index (χ3n) is 6.49. The van der Waals surface area contributed by atoms with Crippen LogP contribution in [0.25, 0.3) is 11.0 Å². The number of imidazole rings is 1. The van der Waals surface area contributed by atoms with Gasteiger partial charge in [-0.05, 0) is 60.9 Å². The van der Waals surface area contributed by atoms with Gasteiger partial charge in [0.1, 0.15) is 5.82 Å². The van der Waals surface area contributed by atoms with Crippen molar-refractivity contribution in [2.45, 2.75) is 36.5 Å². The van der Waals surface area contributed by atoms with Crippen LogP contribution in [-0.4, -0.2) is 41.4 Å². The summed E-state index contributed by atoms with van der Waals surface area (Å²) in [5.74, 6) is 0.300. The van der Waals surface area contributed by atoms with Gasteiger partial charge in [-0.1, -0.05) is 30.3 Å². The number of hydrogen-bond donors (Lipinski definition) is 1. The first-order chi connectivity index (χ1) is 17.6. The second-order valence-electron chi connectivity index (χ2n) is 8.99. The van der Waals surface area contributed by atoms with Gasteiger partial charge < -0.3 is 9.88 Å². The molecule has 6 nitrogen and oxygen atoms in total. The lowest BCUT2D eigenvalue weighted by molar-refractivity contribution is -0.137. The van der Waals surface area contributed by atoms with E-state index in [0.717, 1.165) is 28.7 Å². The molecule has 11 heteroatoms. The topological polar surface area (TPSA) is 67.2 Å². The van der Waals surface area contributed by atoms with E-state index in [2.05, 4.69) is 5.32 Å². The lowest BCUT2D eigenvalue weighted by atomic mass is 10.1. The summed E-state index contributed by atoms with van der Waals surface area (Å²) in [6.45, 7) is 0.786. The number of alkyl halides is 3. The van der Waals surface area contributed by atoms with E-state index in [1.165, 1.54) is 22.5 Å². The van der Waals surface area contributed by atoms with E-state index in [0.29, 0.717) is 31.4 Å². The molecule has 5 rings (SSSR count). The molecule has 0 aliphatic carbocycles.